The second-order valence-electron chi connectivity index (χ2n) is 2.91. The molecule has 0 aromatic heterocycles. The highest BCUT2D eigenvalue weighted by Gasteiger charge is 2.16. The highest BCUT2D eigenvalue weighted by Crippen LogP contribution is 2.32. The van der Waals surface area contributed by atoms with E-state index in [9.17, 15) is 9.90 Å². The molecule has 0 aliphatic carbocycles. The smallest absolute Gasteiger partial charge is 0.188 e. The van der Waals surface area contributed by atoms with E-state index in [1.165, 1.54) is 13.0 Å². The van der Waals surface area contributed by atoms with Gasteiger partial charge in [-0.2, -0.15) is 0 Å². The second kappa shape index (κ2) is 5.70. The standard InChI is InChI=1S/C9H10ClNO2.CH4O/c1-4-7(10)3-6(5(2)12)9(13)8(4)11;1-2/h3,13H,11H2,1-2H3;2H,1H3/p+1. The number of hydrogen-bond acceptors (Lipinski definition) is 3. The van der Waals surface area contributed by atoms with E-state index in [2.05, 4.69) is 5.73 Å². The Balaban J connectivity index is 0.000000921. The van der Waals surface area contributed by atoms with Crippen molar-refractivity contribution in [1.82, 2.24) is 0 Å². The quantitative estimate of drug-likeness (QED) is 0.633. The number of carbonyl (C=O) groups is 1. The van der Waals surface area contributed by atoms with Gasteiger partial charge in [0, 0.05) is 12.7 Å². The van der Waals surface area contributed by atoms with E-state index in [0.29, 0.717) is 16.3 Å². The molecule has 1 aromatic rings. The molecule has 0 radical (unpaired) electrons. The zero-order valence-electron chi connectivity index (χ0n) is 8.97. The maximum atomic E-state index is 11.0. The van der Waals surface area contributed by atoms with Gasteiger partial charge in [-0.25, -0.2) is 0 Å². The van der Waals surface area contributed by atoms with Crippen molar-refractivity contribution in [3.63, 3.8) is 0 Å². The number of quaternary nitrogens is 1. The third-order valence-corrected chi connectivity index (χ3v) is 2.39. The largest absolute Gasteiger partial charge is 0.502 e. The first kappa shape index (κ1) is 13.9. The molecule has 5 heteroatoms. The number of Topliss-reactive ketones (excluding diaryl/α,β-unsaturated/α-hetero) is 1. The normalized spacial score (nSPS) is 9.20. The van der Waals surface area contributed by atoms with Crippen molar-refractivity contribution in [2.24, 2.45) is 0 Å². The number of hydrogen-bond donors (Lipinski definition) is 3. The average molecular weight is 233 g/mol. The number of phenols is 1. The molecule has 0 saturated carbocycles. The molecule has 0 aliphatic rings. The molecule has 0 spiro atoms. The number of carbonyl (C=O) groups excluding carboxylic acids is 1. The zero-order valence-corrected chi connectivity index (χ0v) is 9.72. The zero-order chi connectivity index (χ0) is 12.2. The Hall–Kier alpha value is -1.10. The van der Waals surface area contributed by atoms with Gasteiger partial charge in [0.2, 0.25) is 0 Å². The van der Waals surface area contributed by atoms with Crippen LogP contribution in [0.1, 0.15) is 22.8 Å². The number of halogens is 1. The Labute approximate surface area is 93.3 Å². The SMILES string of the molecule is CC(=O)c1cc(Cl)c(C)c([NH3+])c1O.CO. The Morgan fingerprint density at radius 1 is 1.47 bits per heavy atom. The van der Waals surface area contributed by atoms with Gasteiger partial charge in [-0.15, -0.1) is 0 Å². The molecule has 1 rings (SSSR count). The summed E-state index contributed by atoms with van der Waals surface area (Å²) < 4.78 is 0. The minimum atomic E-state index is -0.218. The summed E-state index contributed by atoms with van der Waals surface area (Å²) in [5.74, 6) is -0.293. The lowest BCUT2D eigenvalue weighted by Crippen LogP contribution is -2.41. The fourth-order valence-electron chi connectivity index (χ4n) is 1.06. The van der Waals surface area contributed by atoms with Crippen LogP contribution in [-0.2, 0) is 0 Å². The molecule has 0 saturated heterocycles. The van der Waals surface area contributed by atoms with Crippen LogP contribution in [0, 0.1) is 6.92 Å². The first-order valence-corrected chi connectivity index (χ1v) is 4.62. The number of aliphatic hydroxyl groups excluding tert-OH is 1. The maximum Gasteiger partial charge on any atom is 0.188 e. The van der Waals surface area contributed by atoms with Crippen molar-refractivity contribution in [2.75, 3.05) is 7.11 Å². The van der Waals surface area contributed by atoms with E-state index in [1.54, 1.807) is 6.92 Å². The summed E-state index contributed by atoms with van der Waals surface area (Å²) >= 11 is 5.83. The number of aromatic hydroxyl groups is 1. The Morgan fingerprint density at radius 3 is 2.33 bits per heavy atom. The second-order valence-corrected chi connectivity index (χ2v) is 3.32. The molecule has 0 unspecified atom stereocenters. The van der Waals surface area contributed by atoms with Crippen LogP contribution in [0.5, 0.6) is 5.75 Å². The van der Waals surface area contributed by atoms with Crippen LogP contribution in [-0.4, -0.2) is 23.1 Å². The van der Waals surface area contributed by atoms with E-state index < -0.39 is 0 Å². The van der Waals surface area contributed by atoms with Crippen molar-refractivity contribution in [3.05, 3.63) is 22.2 Å². The number of aliphatic hydroxyl groups is 1. The fourth-order valence-corrected chi connectivity index (χ4v) is 1.28. The molecule has 0 atom stereocenters. The van der Waals surface area contributed by atoms with Gasteiger partial charge in [0.25, 0.3) is 0 Å². The van der Waals surface area contributed by atoms with E-state index in [0.717, 1.165) is 7.11 Å². The van der Waals surface area contributed by atoms with Crippen molar-refractivity contribution in [2.45, 2.75) is 13.8 Å². The molecule has 4 nitrogen and oxygen atoms in total. The predicted molar refractivity (Wildman–Crippen MR) is 58.5 cm³/mol. The van der Waals surface area contributed by atoms with Crippen LogP contribution in [0.15, 0.2) is 6.07 Å². The van der Waals surface area contributed by atoms with E-state index in [-0.39, 0.29) is 17.1 Å². The van der Waals surface area contributed by atoms with Gasteiger partial charge < -0.3 is 15.9 Å². The number of ketones is 1. The maximum absolute atomic E-state index is 11.0. The van der Waals surface area contributed by atoms with Crippen molar-refractivity contribution in [1.29, 1.82) is 0 Å². The molecular formula is C10H15ClNO3+. The molecule has 0 bridgehead atoms. The van der Waals surface area contributed by atoms with Gasteiger partial charge in [-0.3, -0.25) is 4.79 Å². The van der Waals surface area contributed by atoms with Gasteiger partial charge in [0.05, 0.1) is 10.6 Å². The summed E-state index contributed by atoms with van der Waals surface area (Å²) in [6.07, 6.45) is 0. The third-order valence-electron chi connectivity index (χ3n) is 2.00. The summed E-state index contributed by atoms with van der Waals surface area (Å²) in [5.41, 5.74) is 4.97. The highest BCUT2D eigenvalue weighted by atomic mass is 35.5. The van der Waals surface area contributed by atoms with Crippen LogP contribution in [0.25, 0.3) is 0 Å². The highest BCUT2D eigenvalue weighted by molar-refractivity contribution is 6.32. The van der Waals surface area contributed by atoms with Gasteiger partial charge in [-0.1, -0.05) is 11.6 Å². The van der Waals surface area contributed by atoms with Crippen molar-refractivity contribution in [3.8, 4) is 5.75 Å². The van der Waals surface area contributed by atoms with E-state index in [1.807, 2.05) is 0 Å². The predicted octanol–water partition coefficient (Wildman–Crippen LogP) is 1.04. The first-order valence-electron chi connectivity index (χ1n) is 4.24. The summed E-state index contributed by atoms with van der Waals surface area (Å²) in [6, 6.07) is 1.46. The molecule has 0 heterocycles. The number of phenolic OH excluding ortho intramolecular Hbond substituents is 1. The molecule has 15 heavy (non-hydrogen) atoms. The minimum absolute atomic E-state index is 0.0746. The number of benzene rings is 1. The monoisotopic (exact) mass is 232 g/mol. The fraction of sp³-hybridized carbons (Fsp3) is 0.300. The summed E-state index contributed by atoms with van der Waals surface area (Å²) in [6.45, 7) is 3.12. The average Bonchev–Trinajstić information content (AvgIpc) is 2.23. The lowest BCUT2D eigenvalue weighted by atomic mass is 10.1. The molecule has 84 valence electrons. The molecule has 5 N–H and O–H groups in total. The van der Waals surface area contributed by atoms with Crippen molar-refractivity contribution >= 4 is 23.1 Å². The molecule has 1 aromatic carbocycles. The van der Waals surface area contributed by atoms with Gasteiger partial charge in [-0.05, 0) is 19.9 Å². The van der Waals surface area contributed by atoms with Gasteiger partial charge >= 0.3 is 0 Å². The van der Waals surface area contributed by atoms with Crippen LogP contribution < -0.4 is 5.73 Å². The van der Waals surface area contributed by atoms with Crippen LogP contribution in [0.4, 0.5) is 5.69 Å². The molecule has 0 amide bonds. The Morgan fingerprint density at radius 2 is 1.93 bits per heavy atom. The van der Waals surface area contributed by atoms with Gasteiger partial charge in [0.1, 0.15) is 0 Å². The Kier molecular flexibility index (Phi) is 5.28. The number of rotatable bonds is 1. The topological polar surface area (TPSA) is 85.2 Å². The molecule has 0 fully saturated rings. The Bertz CT molecular complexity index is 377. The van der Waals surface area contributed by atoms with E-state index >= 15 is 0 Å². The summed E-state index contributed by atoms with van der Waals surface area (Å²) in [7, 11) is 1.00. The van der Waals surface area contributed by atoms with Crippen LogP contribution in [0.3, 0.4) is 0 Å². The van der Waals surface area contributed by atoms with Crippen LogP contribution in [0.2, 0.25) is 5.02 Å². The van der Waals surface area contributed by atoms with Crippen LogP contribution >= 0.6 is 11.6 Å². The third kappa shape index (κ3) is 2.92. The first-order chi connectivity index (χ1) is 6.95. The summed E-state index contributed by atoms with van der Waals surface area (Å²) in [4.78, 5) is 11.0. The van der Waals surface area contributed by atoms with E-state index in [4.69, 9.17) is 16.7 Å². The van der Waals surface area contributed by atoms with Gasteiger partial charge in [0.15, 0.2) is 17.2 Å². The minimum Gasteiger partial charge on any atom is -0.502 e. The summed E-state index contributed by atoms with van der Waals surface area (Å²) in [5, 5.41) is 17.0. The molecular weight excluding hydrogens is 218 g/mol. The van der Waals surface area contributed by atoms with Crippen molar-refractivity contribution < 1.29 is 20.7 Å². The molecule has 0 aliphatic heterocycles. The lowest BCUT2D eigenvalue weighted by molar-refractivity contribution is -0.257. The lowest BCUT2D eigenvalue weighted by Gasteiger charge is -2.05.